The van der Waals surface area contributed by atoms with E-state index in [2.05, 4.69) is 4.99 Å². The molecule has 1 saturated heterocycles. The van der Waals surface area contributed by atoms with Gasteiger partial charge >= 0.3 is 0 Å². The number of aromatic nitrogens is 1. The lowest BCUT2D eigenvalue weighted by molar-refractivity contribution is -0.0440. The molecule has 0 aliphatic carbocycles. The number of hydrogen-bond acceptors (Lipinski definition) is 6. The fourth-order valence-corrected chi connectivity index (χ4v) is 6.68. The SMILES string of the molecule is CCn1c(=NC(=O)c2ccc(S(=O)(=O)N3C[C@@H](C)O[C@H](C)C3)cc2)sc2cc(OC)ccc21. The minimum Gasteiger partial charge on any atom is -0.497 e. The summed E-state index contributed by atoms with van der Waals surface area (Å²) in [6.45, 7) is 6.97. The molecular weight excluding hydrogens is 462 g/mol. The van der Waals surface area contributed by atoms with E-state index in [0.29, 0.717) is 30.0 Å². The summed E-state index contributed by atoms with van der Waals surface area (Å²) in [4.78, 5) is 17.9. The number of amides is 1. The molecule has 0 bridgehead atoms. The molecule has 176 valence electrons. The van der Waals surface area contributed by atoms with E-state index in [4.69, 9.17) is 9.47 Å². The van der Waals surface area contributed by atoms with Gasteiger partial charge in [0.2, 0.25) is 10.0 Å². The molecule has 1 aliphatic heterocycles. The van der Waals surface area contributed by atoms with Gasteiger partial charge in [0.1, 0.15) is 5.75 Å². The zero-order valence-electron chi connectivity index (χ0n) is 19.0. The van der Waals surface area contributed by atoms with Crippen molar-refractivity contribution < 1.29 is 22.7 Å². The van der Waals surface area contributed by atoms with Gasteiger partial charge in [-0.25, -0.2) is 8.42 Å². The first kappa shape index (κ1) is 23.6. The molecule has 1 fully saturated rings. The maximum atomic E-state index is 13.0. The van der Waals surface area contributed by atoms with Gasteiger partial charge in [-0.1, -0.05) is 11.3 Å². The number of aryl methyl sites for hydroxylation is 1. The Balaban J connectivity index is 1.62. The van der Waals surface area contributed by atoms with Crippen molar-refractivity contribution in [3.05, 3.63) is 52.8 Å². The average Bonchev–Trinajstić information content (AvgIpc) is 3.14. The number of sulfonamides is 1. The number of nitrogens with zero attached hydrogens (tertiary/aromatic N) is 3. The van der Waals surface area contributed by atoms with Crippen LogP contribution in [0.25, 0.3) is 10.2 Å². The first-order chi connectivity index (χ1) is 15.7. The normalized spacial score (nSPS) is 20.3. The lowest BCUT2D eigenvalue weighted by Gasteiger charge is -2.34. The fourth-order valence-electron chi connectivity index (χ4n) is 3.97. The van der Waals surface area contributed by atoms with Crippen LogP contribution in [0.2, 0.25) is 0 Å². The Morgan fingerprint density at radius 2 is 1.82 bits per heavy atom. The highest BCUT2D eigenvalue weighted by Crippen LogP contribution is 2.24. The molecule has 3 aromatic rings. The van der Waals surface area contributed by atoms with E-state index < -0.39 is 15.9 Å². The molecule has 0 saturated carbocycles. The van der Waals surface area contributed by atoms with Gasteiger partial charge in [-0.15, -0.1) is 0 Å². The summed E-state index contributed by atoms with van der Waals surface area (Å²) in [6.07, 6.45) is -0.343. The van der Waals surface area contributed by atoms with Crippen LogP contribution in [0.15, 0.2) is 52.4 Å². The fraction of sp³-hybridized carbons (Fsp3) is 0.391. The first-order valence-corrected chi connectivity index (χ1v) is 13.0. The maximum Gasteiger partial charge on any atom is 0.279 e. The van der Waals surface area contributed by atoms with Crippen molar-refractivity contribution in [1.82, 2.24) is 8.87 Å². The molecule has 2 atom stereocenters. The Kier molecular flexibility index (Phi) is 6.71. The Morgan fingerprint density at radius 1 is 1.15 bits per heavy atom. The Bertz CT molecular complexity index is 1330. The van der Waals surface area contributed by atoms with Crippen LogP contribution in [0.4, 0.5) is 0 Å². The predicted molar refractivity (Wildman–Crippen MR) is 127 cm³/mol. The highest BCUT2D eigenvalue weighted by Gasteiger charge is 2.32. The van der Waals surface area contributed by atoms with Crippen LogP contribution >= 0.6 is 11.3 Å². The van der Waals surface area contributed by atoms with E-state index in [1.54, 1.807) is 7.11 Å². The molecule has 1 amide bonds. The van der Waals surface area contributed by atoms with E-state index >= 15 is 0 Å². The third-order valence-electron chi connectivity index (χ3n) is 5.53. The number of thiazole rings is 1. The number of fused-ring (bicyclic) bond motifs is 1. The number of morpholine rings is 1. The molecule has 33 heavy (non-hydrogen) atoms. The van der Waals surface area contributed by atoms with Crippen LogP contribution in [-0.4, -0.2) is 55.6 Å². The minimum absolute atomic E-state index is 0.151. The number of ether oxygens (including phenoxy) is 2. The molecule has 8 nitrogen and oxygen atoms in total. The molecule has 4 rings (SSSR count). The number of hydrogen-bond donors (Lipinski definition) is 0. The van der Waals surface area contributed by atoms with Gasteiger partial charge in [0, 0.05) is 25.2 Å². The maximum absolute atomic E-state index is 13.0. The van der Waals surface area contributed by atoms with Gasteiger partial charge < -0.3 is 14.0 Å². The van der Waals surface area contributed by atoms with Crippen LogP contribution in [0.1, 0.15) is 31.1 Å². The van der Waals surface area contributed by atoms with Crippen LogP contribution in [0.3, 0.4) is 0 Å². The van der Waals surface area contributed by atoms with Crippen molar-refractivity contribution in [2.24, 2.45) is 4.99 Å². The van der Waals surface area contributed by atoms with Crippen molar-refractivity contribution >= 4 is 37.5 Å². The minimum atomic E-state index is -3.67. The lowest BCUT2D eigenvalue weighted by Crippen LogP contribution is -2.48. The van der Waals surface area contributed by atoms with E-state index in [-0.39, 0.29) is 17.1 Å². The van der Waals surface area contributed by atoms with Crippen LogP contribution in [0, 0.1) is 0 Å². The Labute approximate surface area is 197 Å². The molecule has 0 unspecified atom stereocenters. The van der Waals surface area contributed by atoms with Crippen LogP contribution < -0.4 is 9.54 Å². The van der Waals surface area contributed by atoms with Crippen molar-refractivity contribution in [2.75, 3.05) is 20.2 Å². The molecular formula is C23H27N3O5S2. The molecule has 2 aromatic carbocycles. The zero-order chi connectivity index (χ0) is 23.8. The van der Waals surface area contributed by atoms with Gasteiger partial charge in [0.25, 0.3) is 5.91 Å². The van der Waals surface area contributed by atoms with Gasteiger partial charge in [-0.2, -0.15) is 9.30 Å². The standard InChI is InChI=1S/C23H27N3O5S2/c1-5-26-20-11-8-18(30-4)12-21(20)32-23(26)24-22(27)17-6-9-19(10-7-17)33(28,29)25-13-15(2)31-16(3)14-25/h6-12,15-16H,5,13-14H2,1-4H3/t15-,16-/m1/s1. The smallest absolute Gasteiger partial charge is 0.279 e. The highest BCUT2D eigenvalue weighted by atomic mass is 32.2. The van der Waals surface area contributed by atoms with Gasteiger partial charge in [0.15, 0.2) is 4.80 Å². The average molecular weight is 490 g/mol. The summed E-state index contributed by atoms with van der Waals surface area (Å²) in [7, 11) is -2.05. The molecule has 2 heterocycles. The molecule has 0 spiro atoms. The van der Waals surface area contributed by atoms with Crippen molar-refractivity contribution in [3.63, 3.8) is 0 Å². The largest absolute Gasteiger partial charge is 0.497 e. The van der Waals surface area contributed by atoms with Crippen molar-refractivity contribution in [3.8, 4) is 5.75 Å². The van der Waals surface area contributed by atoms with Gasteiger partial charge in [-0.3, -0.25) is 4.79 Å². The summed E-state index contributed by atoms with van der Waals surface area (Å²) in [5.74, 6) is 0.319. The molecule has 1 aliphatic rings. The van der Waals surface area contributed by atoms with E-state index in [1.165, 1.54) is 39.9 Å². The predicted octanol–water partition coefficient (Wildman–Crippen LogP) is 3.27. The number of carbonyl (C=O) groups is 1. The number of methoxy groups -OCH3 is 1. The quantitative estimate of drug-likeness (QED) is 0.549. The molecule has 0 N–H and O–H groups in total. The van der Waals surface area contributed by atoms with Crippen LogP contribution in [-0.2, 0) is 21.3 Å². The van der Waals surface area contributed by atoms with E-state index in [9.17, 15) is 13.2 Å². The third kappa shape index (κ3) is 4.74. The van der Waals surface area contributed by atoms with Gasteiger partial charge in [-0.05, 0) is 63.2 Å². The Morgan fingerprint density at radius 3 is 2.42 bits per heavy atom. The van der Waals surface area contributed by atoms with E-state index in [1.807, 2.05) is 43.5 Å². The number of carbonyl (C=O) groups excluding carboxylic acids is 1. The van der Waals surface area contributed by atoms with Crippen molar-refractivity contribution in [1.29, 1.82) is 0 Å². The topological polar surface area (TPSA) is 90.2 Å². The second-order valence-electron chi connectivity index (χ2n) is 7.98. The third-order valence-corrected chi connectivity index (χ3v) is 8.42. The summed E-state index contributed by atoms with van der Waals surface area (Å²) in [5.41, 5.74) is 1.31. The van der Waals surface area contributed by atoms with Gasteiger partial charge in [0.05, 0.1) is 34.4 Å². The summed E-state index contributed by atoms with van der Waals surface area (Å²) < 4.78 is 41.4. The Hall–Kier alpha value is -2.53. The highest BCUT2D eigenvalue weighted by molar-refractivity contribution is 7.89. The van der Waals surface area contributed by atoms with Crippen molar-refractivity contribution in [2.45, 2.75) is 44.4 Å². The lowest BCUT2D eigenvalue weighted by atomic mass is 10.2. The molecule has 0 radical (unpaired) electrons. The molecule has 1 aromatic heterocycles. The summed E-state index contributed by atoms with van der Waals surface area (Å²) in [6, 6.07) is 11.7. The van der Waals surface area contributed by atoms with E-state index in [0.717, 1.165) is 16.0 Å². The summed E-state index contributed by atoms with van der Waals surface area (Å²) >= 11 is 1.41. The van der Waals surface area contributed by atoms with Crippen LogP contribution in [0.5, 0.6) is 5.75 Å². The summed E-state index contributed by atoms with van der Waals surface area (Å²) in [5, 5.41) is 0. The zero-order valence-corrected chi connectivity index (χ0v) is 20.6. The monoisotopic (exact) mass is 489 g/mol. The number of benzene rings is 2. The molecule has 10 heteroatoms. The first-order valence-electron chi connectivity index (χ1n) is 10.7. The second kappa shape index (κ2) is 9.38. The second-order valence-corrected chi connectivity index (χ2v) is 10.9. The number of rotatable bonds is 5.